The Hall–Kier alpha value is -3.08. The average Bonchev–Trinajstić information content (AvgIpc) is 3.04. The summed E-state index contributed by atoms with van der Waals surface area (Å²) in [5.74, 6) is 0.200. The van der Waals surface area contributed by atoms with E-state index < -0.39 is 5.82 Å². The summed E-state index contributed by atoms with van der Waals surface area (Å²) in [5.41, 5.74) is 0.779. The van der Waals surface area contributed by atoms with Gasteiger partial charge in [0, 0.05) is 18.5 Å². The summed E-state index contributed by atoms with van der Waals surface area (Å²) in [5, 5.41) is 0.987. The van der Waals surface area contributed by atoms with Crippen molar-refractivity contribution in [1.82, 2.24) is 4.90 Å². The first kappa shape index (κ1) is 16.8. The molecule has 25 heavy (non-hydrogen) atoms. The maximum Gasteiger partial charge on any atom is 0.246 e. The minimum atomic E-state index is -0.415. The number of para-hydroxylation sites is 2. The molecule has 0 N–H and O–H groups in total. The van der Waals surface area contributed by atoms with Crippen LogP contribution in [0.2, 0.25) is 0 Å². The van der Waals surface area contributed by atoms with Crippen molar-refractivity contribution >= 4 is 23.0 Å². The molecule has 1 aromatic heterocycles. The van der Waals surface area contributed by atoms with Gasteiger partial charge in [-0.25, -0.2) is 4.39 Å². The quantitative estimate of drug-likeness (QED) is 0.635. The van der Waals surface area contributed by atoms with Crippen molar-refractivity contribution in [1.29, 1.82) is 0 Å². The van der Waals surface area contributed by atoms with Crippen LogP contribution in [0, 0.1) is 5.82 Å². The largest absolute Gasteiger partial charge is 0.489 e. The molecule has 0 radical (unpaired) electrons. The number of likely N-dealkylation sites (N-methyl/N-ethyl adjacent to an activating group) is 1. The molecule has 0 aliphatic rings. The molecule has 0 atom stereocenters. The summed E-state index contributed by atoms with van der Waals surface area (Å²) in [4.78, 5) is 13.6. The third-order valence-electron chi connectivity index (χ3n) is 3.73. The smallest absolute Gasteiger partial charge is 0.246 e. The number of fused-ring (bicyclic) bond motifs is 1. The molecule has 0 aliphatic heterocycles. The van der Waals surface area contributed by atoms with Crippen molar-refractivity contribution in [3.8, 4) is 5.75 Å². The third-order valence-corrected chi connectivity index (χ3v) is 3.73. The average molecular weight is 339 g/mol. The summed E-state index contributed by atoms with van der Waals surface area (Å²) in [7, 11) is 1.66. The Morgan fingerprint density at radius 3 is 2.76 bits per heavy atom. The second kappa shape index (κ2) is 7.66. The number of amides is 1. The SMILES string of the molecule is CN(CCOc1ccccc1F)C(=O)/C=C/c1cc2ccccc2o1. The fourth-order valence-electron chi connectivity index (χ4n) is 2.33. The van der Waals surface area contributed by atoms with E-state index in [1.807, 2.05) is 30.3 Å². The van der Waals surface area contributed by atoms with Gasteiger partial charge in [0.2, 0.25) is 5.91 Å². The molecule has 0 unspecified atom stereocenters. The van der Waals surface area contributed by atoms with Gasteiger partial charge in [-0.15, -0.1) is 0 Å². The first-order valence-corrected chi connectivity index (χ1v) is 7.92. The third kappa shape index (κ3) is 4.26. The zero-order chi connectivity index (χ0) is 17.6. The number of carbonyl (C=O) groups excluding carboxylic acids is 1. The first-order valence-electron chi connectivity index (χ1n) is 7.92. The lowest BCUT2D eigenvalue weighted by atomic mass is 10.2. The summed E-state index contributed by atoms with van der Waals surface area (Å²) < 4.78 is 24.4. The Labute approximate surface area is 145 Å². The summed E-state index contributed by atoms with van der Waals surface area (Å²) in [6, 6.07) is 15.7. The van der Waals surface area contributed by atoms with E-state index >= 15 is 0 Å². The molecule has 0 fully saturated rings. The van der Waals surface area contributed by atoms with Gasteiger partial charge in [-0.3, -0.25) is 4.79 Å². The molecule has 4 nitrogen and oxygen atoms in total. The molecule has 0 saturated carbocycles. The molecule has 3 rings (SSSR count). The van der Waals surface area contributed by atoms with E-state index in [1.165, 1.54) is 17.0 Å². The zero-order valence-electron chi connectivity index (χ0n) is 13.8. The van der Waals surface area contributed by atoms with Crippen LogP contribution in [0.5, 0.6) is 5.75 Å². The van der Waals surface area contributed by atoms with Crippen LogP contribution in [0.4, 0.5) is 4.39 Å². The highest BCUT2D eigenvalue weighted by molar-refractivity contribution is 5.92. The van der Waals surface area contributed by atoms with E-state index in [9.17, 15) is 9.18 Å². The number of furan rings is 1. The number of hydrogen-bond donors (Lipinski definition) is 0. The summed E-state index contributed by atoms with van der Waals surface area (Å²) in [6.45, 7) is 0.555. The van der Waals surface area contributed by atoms with Crippen LogP contribution in [0.1, 0.15) is 5.76 Å². The highest BCUT2D eigenvalue weighted by Crippen LogP contribution is 2.19. The van der Waals surface area contributed by atoms with Crippen LogP contribution in [-0.4, -0.2) is 31.0 Å². The van der Waals surface area contributed by atoms with Gasteiger partial charge in [-0.05, 0) is 30.3 Å². The van der Waals surface area contributed by atoms with Crippen molar-refractivity contribution in [2.75, 3.05) is 20.2 Å². The molecule has 128 valence electrons. The molecular formula is C20H18FNO3. The van der Waals surface area contributed by atoms with Crippen LogP contribution in [0.15, 0.2) is 65.1 Å². The van der Waals surface area contributed by atoms with Gasteiger partial charge in [0.25, 0.3) is 0 Å². The van der Waals surface area contributed by atoms with E-state index in [0.717, 1.165) is 11.0 Å². The molecular weight excluding hydrogens is 321 g/mol. The van der Waals surface area contributed by atoms with Crippen LogP contribution in [0.25, 0.3) is 17.0 Å². The summed E-state index contributed by atoms with van der Waals surface area (Å²) in [6.07, 6.45) is 3.08. The van der Waals surface area contributed by atoms with Gasteiger partial charge in [-0.2, -0.15) is 0 Å². The summed E-state index contributed by atoms with van der Waals surface area (Å²) >= 11 is 0. The molecule has 0 spiro atoms. The second-order valence-electron chi connectivity index (χ2n) is 5.56. The van der Waals surface area contributed by atoms with Gasteiger partial charge in [0.05, 0.1) is 6.54 Å². The van der Waals surface area contributed by atoms with E-state index in [0.29, 0.717) is 12.3 Å². The number of ether oxygens (including phenoxy) is 1. The van der Waals surface area contributed by atoms with Crippen molar-refractivity contribution in [3.63, 3.8) is 0 Å². The van der Waals surface area contributed by atoms with E-state index in [2.05, 4.69) is 0 Å². The molecule has 5 heteroatoms. The standard InChI is InChI=1S/C20H18FNO3/c1-22(12-13-24-19-9-5-3-7-17(19)21)20(23)11-10-16-14-15-6-2-4-8-18(15)25-16/h2-11,14H,12-13H2,1H3/b11-10+. The van der Waals surface area contributed by atoms with Crippen LogP contribution < -0.4 is 4.74 Å². The zero-order valence-corrected chi connectivity index (χ0v) is 13.8. The van der Waals surface area contributed by atoms with E-state index in [1.54, 1.807) is 31.3 Å². The van der Waals surface area contributed by atoms with E-state index in [4.69, 9.17) is 9.15 Å². The topological polar surface area (TPSA) is 42.7 Å². The van der Waals surface area contributed by atoms with Gasteiger partial charge in [-0.1, -0.05) is 30.3 Å². The predicted molar refractivity (Wildman–Crippen MR) is 94.8 cm³/mol. The first-order chi connectivity index (χ1) is 12.1. The van der Waals surface area contributed by atoms with Crippen LogP contribution in [0.3, 0.4) is 0 Å². The molecule has 0 aliphatic carbocycles. The highest BCUT2D eigenvalue weighted by Gasteiger charge is 2.07. The predicted octanol–water partition coefficient (Wildman–Crippen LogP) is 4.12. The fraction of sp³-hybridized carbons (Fsp3) is 0.150. The molecule has 2 aromatic carbocycles. The van der Waals surface area contributed by atoms with Crippen molar-refractivity contribution < 1.29 is 18.3 Å². The van der Waals surface area contributed by atoms with Crippen molar-refractivity contribution in [2.45, 2.75) is 0 Å². The molecule has 1 heterocycles. The number of halogens is 1. The van der Waals surface area contributed by atoms with Gasteiger partial charge >= 0.3 is 0 Å². The maximum absolute atomic E-state index is 13.4. The second-order valence-corrected chi connectivity index (χ2v) is 5.56. The normalized spacial score (nSPS) is 11.1. The Balaban J connectivity index is 1.52. The Bertz CT molecular complexity index is 868. The number of carbonyl (C=O) groups is 1. The van der Waals surface area contributed by atoms with Crippen LogP contribution in [-0.2, 0) is 4.79 Å². The number of nitrogens with zero attached hydrogens (tertiary/aromatic N) is 1. The molecule has 1 amide bonds. The monoisotopic (exact) mass is 339 g/mol. The van der Waals surface area contributed by atoms with Crippen molar-refractivity contribution in [3.05, 3.63) is 72.3 Å². The number of benzene rings is 2. The maximum atomic E-state index is 13.4. The number of rotatable bonds is 6. The Morgan fingerprint density at radius 2 is 1.96 bits per heavy atom. The Morgan fingerprint density at radius 1 is 1.20 bits per heavy atom. The minimum absolute atomic E-state index is 0.182. The van der Waals surface area contributed by atoms with E-state index in [-0.39, 0.29) is 18.3 Å². The van der Waals surface area contributed by atoms with Gasteiger partial charge in [0.15, 0.2) is 11.6 Å². The molecule has 3 aromatic rings. The number of hydrogen-bond acceptors (Lipinski definition) is 3. The van der Waals surface area contributed by atoms with Gasteiger partial charge < -0.3 is 14.1 Å². The Kier molecular flexibility index (Phi) is 5.14. The highest BCUT2D eigenvalue weighted by atomic mass is 19.1. The lowest BCUT2D eigenvalue weighted by molar-refractivity contribution is -0.125. The molecule has 0 saturated heterocycles. The van der Waals surface area contributed by atoms with Crippen molar-refractivity contribution in [2.24, 2.45) is 0 Å². The lowest BCUT2D eigenvalue weighted by Crippen LogP contribution is -2.29. The minimum Gasteiger partial charge on any atom is -0.489 e. The lowest BCUT2D eigenvalue weighted by Gasteiger charge is -2.15. The fourth-order valence-corrected chi connectivity index (χ4v) is 2.33. The molecule has 0 bridgehead atoms. The van der Waals surface area contributed by atoms with Crippen LogP contribution >= 0.6 is 0 Å². The van der Waals surface area contributed by atoms with Gasteiger partial charge in [0.1, 0.15) is 18.0 Å².